The normalized spacial score (nSPS) is 13.7. The van der Waals surface area contributed by atoms with Crippen LogP contribution in [0.25, 0.3) is 0 Å². The Morgan fingerprint density at radius 3 is 2.36 bits per heavy atom. The molecular formula is C9H13NO. The van der Waals surface area contributed by atoms with Crippen LogP contribution in [0.3, 0.4) is 0 Å². The lowest BCUT2D eigenvalue weighted by atomic mass is 10.0. The summed E-state index contributed by atoms with van der Waals surface area (Å²) in [6, 6.07) is 0. The molecule has 2 N–H and O–H groups in total. The number of carbonyl (C=O) groups is 1. The van der Waals surface area contributed by atoms with Crippen molar-refractivity contribution in [3.05, 3.63) is 37.0 Å². The van der Waals surface area contributed by atoms with Gasteiger partial charge >= 0.3 is 0 Å². The highest BCUT2D eigenvalue weighted by atomic mass is 16.1. The predicted octanol–water partition coefficient (Wildman–Crippen LogP) is 1.41. The Balaban J connectivity index is 4.50. The van der Waals surface area contributed by atoms with Crippen LogP contribution in [0, 0.1) is 5.92 Å². The zero-order valence-corrected chi connectivity index (χ0v) is 6.71. The van der Waals surface area contributed by atoms with Crippen molar-refractivity contribution in [2.24, 2.45) is 11.7 Å². The lowest BCUT2D eigenvalue weighted by Crippen LogP contribution is -2.21. The summed E-state index contributed by atoms with van der Waals surface area (Å²) in [6.45, 7) is 8.81. The molecule has 0 spiro atoms. The maximum atomic E-state index is 10.7. The second-order valence-corrected chi connectivity index (χ2v) is 2.23. The van der Waals surface area contributed by atoms with Gasteiger partial charge in [0, 0.05) is 0 Å². The lowest BCUT2D eigenvalue weighted by molar-refractivity contribution is -0.120. The van der Waals surface area contributed by atoms with Gasteiger partial charge in [-0.15, -0.1) is 0 Å². The van der Waals surface area contributed by atoms with Crippen molar-refractivity contribution < 1.29 is 4.79 Å². The van der Waals surface area contributed by atoms with Gasteiger partial charge in [-0.1, -0.05) is 31.4 Å². The maximum Gasteiger partial charge on any atom is 0.224 e. The molecule has 1 atom stereocenters. The summed E-state index contributed by atoms with van der Waals surface area (Å²) in [6.07, 6.45) is 4.94. The molecule has 0 fully saturated rings. The van der Waals surface area contributed by atoms with Crippen LogP contribution >= 0.6 is 0 Å². The fourth-order valence-electron chi connectivity index (χ4n) is 0.690. The molecule has 0 bridgehead atoms. The quantitative estimate of drug-likeness (QED) is 0.606. The first-order valence-electron chi connectivity index (χ1n) is 3.37. The van der Waals surface area contributed by atoms with Gasteiger partial charge in [0.25, 0.3) is 0 Å². The van der Waals surface area contributed by atoms with E-state index in [0.717, 1.165) is 5.57 Å². The van der Waals surface area contributed by atoms with Crippen molar-refractivity contribution >= 4 is 5.91 Å². The molecule has 0 saturated heterocycles. The van der Waals surface area contributed by atoms with Gasteiger partial charge in [-0.3, -0.25) is 4.79 Å². The molecule has 1 amide bonds. The summed E-state index contributed by atoms with van der Waals surface area (Å²) in [4.78, 5) is 10.7. The van der Waals surface area contributed by atoms with E-state index in [1.807, 2.05) is 0 Å². The van der Waals surface area contributed by atoms with Crippen molar-refractivity contribution in [3.63, 3.8) is 0 Å². The van der Waals surface area contributed by atoms with Crippen LogP contribution in [0.1, 0.15) is 6.92 Å². The smallest absolute Gasteiger partial charge is 0.224 e. The average molecular weight is 151 g/mol. The average Bonchev–Trinajstić information content (AvgIpc) is 1.98. The minimum absolute atomic E-state index is 0.287. The third-order valence-corrected chi connectivity index (χ3v) is 1.47. The van der Waals surface area contributed by atoms with Gasteiger partial charge in [-0.05, 0) is 12.5 Å². The molecule has 2 nitrogen and oxygen atoms in total. The van der Waals surface area contributed by atoms with Gasteiger partial charge < -0.3 is 5.73 Å². The van der Waals surface area contributed by atoms with Crippen molar-refractivity contribution in [2.75, 3.05) is 0 Å². The molecule has 0 aliphatic heterocycles. The molecule has 0 aliphatic rings. The van der Waals surface area contributed by atoms with E-state index in [0.29, 0.717) is 0 Å². The van der Waals surface area contributed by atoms with Crippen molar-refractivity contribution in [1.29, 1.82) is 0 Å². The topological polar surface area (TPSA) is 43.1 Å². The summed E-state index contributed by atoms with van der Waals surface area (Å²) in [7, 11) is 0. The molecule has 0 aliphatic carbocycles. The van der Waals surface area contributed by atoms with E-state index in [9.17, 15) is 4.79 Å². The number of amides is 1. The Kier molecular flexibility index (Phi) is 3.96. The standard InChI is InChI=1S/C9H13NO/c1-4-6-8(5-2)7(3)9(10)11/h4-7H,1-2H2,3H3,(H2,10,11)/b8-6+. The third-order valence-electron chi connectivity index (χ3n) is 1.47. The maximum absolute atomic E-state index is 10.7. The first-order chi connectivity index (χ1) is 5.13. The fourth-order valence-corrected chi connectivity index (χ4v) is 0.690. The summed E-state index contributed by atoms with van der Waals surface area (Å²) in [5, 5.41) is 0. The molecule has 0 aromatic heterocycles. The molecule has 0 aromatic carbocycles. The van der Waals surface area contributed by atoms with E-state index in [1.165, 1.54) is 0 Å². The highest BCUT2D eigenvalue weighted by Gasteiger charge is 2.10. The monoisotopic (exact) mass is 151 g/mol. The molecular weight excluding hydrogens is 138 g/mol. The largest absolute Gasteiger partial charge is 0.369 e. The van der Waals surface area contributed by atoms with Gasteiger partial charge in [0.2, 0.25) is 5.91 Å². The van der Waals surface area contributed by atoms with E-state index in [-0.39, 0.29) is 11.8 Å². The van der Waals surface area contributed by atoms with Gasteiger partial charge in [0.05, 0.1) is 5.92 Å². The van der Waals surface area contributed by atoms with Crippen molar-refractivity contribution in [3.8, 4) is 0 Å². The van der Waals surface area contributed by atoms with Gasteiger partial charge in [0.1, 0.15) is 0 Å². The number of hydrogen-bond acceptors (Lipinski definition) is 1. The van der Waals surface area contributed by atoms with Crippen LogP contribution in [0.5, 0.6) is 0 Å². The summed E-state index contributed by atoms with van der Waals surface area (Å²) in [5.74, 6) is -0.636. The molecule has 2 heteroatoms. The number of rotatable bonds is 4. The minimum atomic E-state index is -0.349. The number of carbonyl (C=O) groups excluding carboxylic acids is 1. The first kappa shape index (κ1) is 9.69. The molecule has 1 unspecified atom stereocenters. The number of allylic oxidation sites excluding steroid dienone is 3. The van der Waals surface area contributed by atoms with Crippen LogP contribution in [-0.2, 0) is 4.79 Å². The molecule has 0 saturated carbocycles. The van der Waals surface area contributed by atoms with Crippen LogP contribution in [0.4, 0.5) is 0 Å². The minimum Gasteiger partial charge on any atom is -0.369 e. The highest BCUT2D eigenvalue weighted by Crippen LogP contribution is 2.10. The zero-order chi connectivity index (χ0) is 8.85. The Bertz CT molecular complexity index is 204. The van der Waals surface area contributed by atoms with E-state index >= 15 is 0 Å². The Labute approximate surface area is 67.1 Å². The zero-order valence-electron chi connectivity index (χ0n) is 6.71. The second kappa shape index (κ2) is 4.50. The van der Waals surface area contributed by atoms with Gasteiger partial charge in [-0.25, -0.2) is 0 Å². The molecule has 60 valence electrons. The Morgan fingerprint density at radius 2 is 2.09 bits per heavy atom. The van der Waals surface area contributed by atoms with E-state index < -0.39 is 0 Å². The van der Waals surface area contributed by atoms with Crippen LogP contribution in [-0.4, -0.2) is 5.91 Å². The molecule has 0 rings (SSSR count). The van der Waals surface area contributed by atoms with Crippen molar-refractivity contribution in [1.82, 2.24) is 0 Å². The molecule has 0 aromatic rings. The lowest BCUT2D eigenvalue weighted by Gasteiger charge is -2.06. The van der Waals surface area contributed by atoms with E-state index in [1.54, 1.807) is 25.2 Å². The molecule has 11 heavy (non-hydrogen) atoms. The Morgan fingerprint density at radius 1 is 1.55 bits per heavy atom. The molecule has 0 radical (unpaired) electrons. The Hall–Kier alpha value is -1.31. The summed E-state index contributed by atoms with van der Waals surface area (Å²) < 4.78 is 0. The number of primary amides is 1. The van der Waals surface area contributed by atoms with Crippen LogP contribution < -0.4 is 5.73 Å². The fraction of sp³-hybridized carbons (Fsp3) is 0.222. The van der Waals surface area contributed by atoms with Gasteiger partial charge in [-0.2, -0.15) is 0 Å². The second-order valence-electron chi connectivity index (χ2n) is 2.23. The predicted molar refractivity (Wildman–Crippen MR) is 46.8 cm³/mol. The van der Waals surface area contributed by atoms with Crippen LogP contribution in [0.2, 0.25) is 0 Å². The van der Waals surface area contributed by atoms with Crippen molar-refractivity contribution in [2.45, 2.75) is 6.92 Å². The van der Waals surface area contributed by atoms with E-state index in [4.69, 9.17) is 5.73 Å². The van der Waals surface area contributed by atoms with Gasteiger partial charge in [0.15, 0.2) is 0 Å². The summed E-state index contributed by atoms with van der Waals surface area (Å²) >= 11 is 0. The molecule has 0 heterocycles. The van der Waals surface area contributed by atoms with Crippen LogP contribution in [0.15, 0.2) is 37.0 Å². The summed E-state index contributed by atoms with van der Waals surface area (Å²) in [5.41, 5.74) is 5.88. The SMILES string of the molecule is C=C/C=C(\C=C)C(C)C(N)=O. The first-order valence-corrected chi connectivity index (χ1v) is 3.37. The highest BCUT2D eigenvalue weighted by molar-refractivity contribution is 5.80. The number of hydrogen-bond donors (Lipinski definition) is 1. The third kappa shape index (κ3) is 2.85. The number of nitrogens with two attached hydrogens (primary N) is 1. The van der Waals surface area contributed by atoms with E-state index in [2.05, 4.69) is 13.2 Å².